The van der Waals surface area contributed by atoms with Crippen LogP contribution in [0.1, 0.15) is 38.9 Å². The number of halogens is 2. The number of para-hydroxylation sites is 1. The van der Waals surface area contributed by atoms with Gasteiger partial charge in [0, 0.05) is 29.2 Å². The van der Waals surface area contributed by atoms with Gasteiger partial charge in [0.25, 0.3) is 11.8 Å². The Balaban J connectivity index is 1.79. The van der Waals surface area contributed by atoms with Gasteiger partial charge in [0.1, 0.15) is 5.69 Å². The highest BCUT2D eigenvalue weighted by Gasteiger charge is 2.15. The monoisotopic (exact) mass is 395 g/mol. The van der Waals surface area contributed by atoms with Crippen molar-refractivity contribution in [3.05, 3.63) is 88.7 Å². The molecule has 1 heterocycles. The molecular weight excluding hydrogens is 376 g/mol. The number of carbonyl (C=O) groups is 2. The number of rotatable bonds is 5. The lowest BCUT2D eigenvalue weighted by Crippen LogP contribution is -2.18. The molecule has 1 aromatic heterocycles. The fraction of sp³-hybridized carbons (Fsp3) is 0.136. The van der Waals surface area contributed by atoms with Crippen LogP contribution in [0.15, 0.2) is 54.7 Å². The highest BCUT2D eigenvalue weighted by atomic mass is 19.2. The number of hydrogen-bond donors (Lipinski definition) is 2. The SMILES string of the molecule is CCc1cccc(C)c1NC(=O)c1ccnc(C(=O)Nc2ccc(F)c(F)c2)c1. The highest BCUT2D eigenvalue weighted by Crippen LogP contribution is 2.22. The molecule has 3 rings (SSSR count). The van der Waals surface area contributed by atoms with E-state index in [0.717, 1.165) is 35.4 Å². The van der Waals surface area contributed by atoms with E-state index < -0.39 is 17.5 Å². The molecule has 0 radical (unpaired) electrons. The third kappa shape index (κ3) is 4.63. The standard InChI is InChI=1S/C22H19F2N3O2/c1-3-14-6-4-5-13(2)20(14)27-21(28)15-9-10-25-19(11-15)22(29)26-16-7-8-17(23)18(24)12-16/h4-12H,3H2,1-2H3,(H,26,29)(H,27,28). The molecular formula is C22H19F2N3O2. The Morgan fingerprint density at radius 1 is 0.966 bits per heavy atom. The summed E-state index contributed by atoms with van der Waals surface area (Å²) >= 11 is 0. The van der Waals surface area contributed by atoms with Gasteiger partial charge in [-0.25, -0.2) is 8.78 Å². The normalized spacial score (nSPS) is 10.5. The number of benzene rings is 2. The maximum absolute atomic E-state index is 13.3. The van der Waals surface area contributed by atoms with Gasteiger partial charge >= 0.3 is 0 Å². The van der Waals surface area contributed by atoms with Crippen LogP contribution >= 0.6 is 0 Å². The number of anilines is 2. The lowest BCUT2D eigenvalue weighted by molar-refractivity contribution is 0.102. The number of pyridine rings is 1. The first-order chi connectivity index (χ1) is 13.9. The molecule has 2 N–H and O–H groups in total. The fourth-order valence-electron chi connectivity index (χ4n) is 2.85. The van der Waals surface area contributed by atoms with Crippen LogP contribution in [-0.4, -0.2) is 16.8 Å². The molecule has 148 valence electrons. The van der Waals surface area contributed by atoms with Crippen LogP contribution in [0.5, 0.6) is 0 Å². The molecule has 0 saturated carbocycles. The van der Waals surface area contributed by atoms with E-state index in [1.165, 1.54) is 24.4 Å². The van der Waals surface area contributed by atoms with Gasteiger partial charge in [-0.3, -0.25) is 14.6 Å². The number of aryl methyl sites for hydroxylation is 2. The fourth-order valence-corrected chi connectivity index (χ4v) is 2.85. The average molecular weight is 395 g/mol. The van der Waals surface area contributed by atoms with E-state index in [9.17, 15) is 18.4 Å². The molecule has 0 bridgehead atoms. The molecule has 3 aromatic rings. The smallest absolute Gasteiger partial charge is 0.274 e. The van der Waals surface area contributed by atoms with E-state index in [2.05, 4.69) is 15.6 Å². The summed E-state index contributed by atoms with van der Waals surface area (Å²) in [5, 5.41) is 5.32. The van der Waals surface area contributed by atoms with Crippen molar-refractivity contribution in [1.29, 1.82) is 0 Å². The summed E-state index contributed by atoms with van der Waals surface area (Å²) in [4.78, 5) is 29.0. The van der Waals surface area contributed by atoms with Crippen LogP contribution in [0.25, 0.3) is 0 Å². The topological polar surface area (TPSA) is 71.1 Å². The van der Waals surface area contributed by atoms with E-state index in [0.29, 0.717) is 0 Å². The molecule has 0 saturated heterocycles. The quantitative estimate of drug-likeness (QED) is 0.656. The van der Waals surface area contributed by atoms with Crippen molar-refractivity contribution in [3.63, 3.8) is 0 Å². The molecule has 29 heavy (non-hydrogen) atoms. The summed E-state index contributed by atoms with van der Waals surface area (Å²) in [5.41, 5.74) is 2.98. The Morgan fingerprint density at radius 2 is 1.76 bits per heavy atom. The summed E-state index contributed by atoms with van der Waals surface area (Å²) < 4.78 is 26.3. The maximum atomic E-state index is 13.3. The maximum Gasteiger partial charge on any atom is 0.274 e. The van der Waals surface area contributed by atoms with Gasteiger partial charge in [-0.1, -0.05) is 25.1 Å². The second kappa shape index (κ2) is 8.60. The molecule has 5 nitrogen and oxygen atoms in total. The minimum atomic E-state index is -1.08. The van der Waals surface area contributed by atoms with Crippen molar-refractivity contribution < 1.29 is 18.4 Å². The number of amides is 2. The van der Waals surface area contributed by atoms with Crippen LogP contribution in [0.3, 0.4) is 0 Å². The van der Waals surface area contributed by atoms with Gasteiger partial charge < -0.3 is 10.6 Å². The number of nitrogens with one attached hydrogen (secondary N) is 2. The second-order valence-corrected chi connectivity index (χ2v) is 6.43. The minimum Gasteiger partial charge on any atom is -0.321 e. The number of carbonyl (C=O) groups excluding carboxylic acids is 2. The Bertz CT molecular complexity index is 1080. The summed E-state index contributed by atoms with van der Waals surface area (Å²) in [6.07, 6.45) is 2.10. The summed E-state index contributed by atoms with van der Waals surface area (Å²) in [5.74, 6) is -3.11. The van der Waals surface area contributed by atoms with Gasteiger partial charge in [0.2, 0.25) is 0 Å². The van der Waals surface area contributed by atoms with Crippen molar-refractivity contribution in [1.82, 2.24) is 4.98 Å². The largest absolute Gasteiger partial charge is 0.321 e. The molecule has 2 amide bonds. The Labute approximate surface area is 166 Å². The zero-order chi connectivity index (χ0) is 21.0. The zero-order valence-corrected chi connectivity index (χ0v) is 15.9. The molecule has 0 aliphatic heterocycles. The summed E-state index contributed by atoms with van der Waals surface area (Å²) in [6.45, 7) is 3.90. The molecule has 2 aromatic carbocycles. The predicted octanol–water partition coefficient (Wildman–Crippen LogP) is 4.74. The van der Waals surface area contributed by atoms with Crippen LogP contribution in [0.4, 0.5) is 20.2 Å². The minimum absolute atomic E-state index is 0.0251. The van der Waals surface area contributed by atoms with Crippen molar-refractivity contribution >= 4 is 23.2 Å². The van der Waals surface area contributed by atoms with Gasteiger partial charge in [-0.15, -0.1) is 0 Å². The van der Waals surface area contributed by atoms with E-state index in [-0.39, 0.29) is 22.9 Å². The van der Waals surface area contributed by atoms with Crippen LogP contribution in [0.2, 0.25) is 0 Å². The number of aromatic nitrogens is 1. The van der Waals surface area contributed by atoms with Crippen LogP contribution in [0, 0.1) is 18.6 Å². The average Bonchev–Trinajstić information content (AvgIpc) is 2.72. The number of nitrogens with zero attached hydrogens (tertiary/aromatic N) is 1. The van der Waals surface area contributed by atoms with Crippen molar-refractivity contribution in [3.8, 4) is 0 Å². The van der Waals surface area contributed by atoms with Crippen LogP contribution < -0.4 is 10.6 Å². The molecule has 0 atom stereocenters. The lowest BCUT2D eigenvalue weighted by Gasteiger charge is -2.13. The van der Waals surface area contributed by atoms with Gasteiger partial charge in [-0.05, 0) is 48.7 Å². The van der Waals surface area contributed by atoms with E-state index in [1.54, 1.807) is 0 Å². The van der Waals surface area contributed by atoms with E-state index >= 15 is 0 Å². The highest BCUT2D eigenvalue weighted by molar-refractivity contribution is 6.08. The van der Waals surface area contributed by atoms with Crippen molar-refractivity contribution in [2.75, 3.05) is 10.6 Å². The Kier molecular flexibility index (Phi) is 5.97. The summed E-state index contributed by atoms with van der Waals surface area (Å²) in [7, 11) is 0. The first-order valence-electron chi connectivity index (χ1n) is 9.01. The lowest BCUT2D eigenvalue weighted by atomic mass is 10.1. The third-order valence-corrected chi connectivity index (χ3v) is 4.41. The molecule has 0 aliphatic carbocycles. The molecule has 0 aliphatic rings. The Morgan fingerprint density at radius 3 is 2.48 bits per heavy atom. The van der Waals surface area contributed by atoms with Crippen LogP contribution in [-0.2, 0) is 6.42 Å². The van der Waals surface area contributed by atoms with E-state index in [1.807, 2.05) is 32.0 Å². The predicted molar refractivity (Wildman–Crippen MR) is 107 cm³/mol. The van der Waals surface area contributed by atoms with Gasteiger partial charge in [0.05, 0.1) is 0 Å². The van der Waals surface area contributed by atoms with Gasteiger partial charge in [-0.2, -0.15) is 0 Å². The molecule has 0 unspecified atom stereocenters. The zero-order valence-electron chi connectivity index (χ0n) is 15.9. The van der Waals surface area contributed by atoms with Crippen molar-refractivity contribution in [2.45, 2.75) is 20.3 Å². The van der Waals surface area contributed by atoms with Gasteiger partial charge in [0.15, 0.2) is 11.6 Å². The van der Waals surface area contributed by atoms with Crippen molar-refractivity contribution in [2.24, 2.45) is 0 Å². The first-order valence-corrected chi connectivity index (χ1v) is 9.01. The first kappa shape index (κ1) is 20.1. The summed E-state index contributed by atoms with van der Waals surface area (Å²) in [6, 6.07) is 11.6. The molecule has 7 heteroatoms. The number of hydrogen-bond acceptors (Lipinski definition) is 3. The molecule has 0 spiro atoms. The molecule has 0 fully saturated rings. The second-order valence-electron chi connectivity index (χ2n) is 6.43. The third-order valence-electron chi connectivity index (χ3n) is 4.41. The Hall–Kier alpha value is -3.61. The van der Waals surface area contributed by atoms with E-state index in [4.69, 9.17) is 0 Å².